The molecule has 5 nitrogen and oxygen atoms in total. The number of rotatable bonds is 4. The van der Waals surface area contributed by atoms with Crippen molar-refractivity contribution in [2.45, 2.75) is 17.5 Å². The van der Waals surface area contributed by atoms with Gasteiger partial charge in [0.1, 0.15) is 11.5 Å². The second kappa shape index (κ2) is 9.59. The fourth-order valence-electron chi connectivity index (χ4n) is 6.81. The number of hydrogen-bond acceptors (Lipinski definition) is 4. The molecule has 1 spiro atoms. The van der Waals surface area contributed by atoms with E-state index >= 15 is 0 Å². The van der Waals surface area contributed by atoms with Gasteiger partial charge in [-0.1, -0.05) is 77.3 Å². The Balaban J connectivity index is 1.54. The molecule has 0 aromatic heterocycles. The van der Waals surface area contributed by atoms with E-state index in [0.717, 1.165) is 11.1 Å². The maximum atomic E-state index is 14.7. The van der Waals surface area contributed by atoms with Gasteiger partial charge >= 0.3 is 0 Å². The number of benzene rings is 4. The molecule has 4 atom stereocenters. The third-order valence-corrected chi connectivity index (χ3v) is 9.25. The van der Waals surface area contributed by atoms with E-state index in [9.17, 15) is 14.4 Å². The second-order valence-corrected chi connectivity index (χ2v) is 11.7. The molecule has 1 N–H and O–H groups in total. The molecule has 3 heterocycles. The monoisotopic (exact) mass is 598 g/mol. The number of Topliss-reactive ketones (excluding diaryl/α,β-unsaturated/α-hetero) is 2. The number of nitrogens with one attached hydrogen (secondary N) is 1. The molecular formula is C33H21Cl3N2O3. The molecule has 0 bridgehead atoms. The fraction of sp³-hybridized carbons (Fsp3) is 0.121. The number of halogens is 3. The lowest BCUT2D eigenvalue weighted by atomic mass is 9.62. The van der Waals surface area contributed by atoms with Crippen LogP contribution in [0.2, 0.25) is 15.1 Å². The molecule has 0 radical (unpaired) electrons. The summed E-state index contributed by atoms with van der Waals surface area (Å²) in [6, 6.07) is 24.7. The summed E-state index contributed by atoms with van der Waals surface area (Å²) < 4.78 is 0. The first-order chi connectivity index (χ1) is 19.8. The lowest BCUT2D eigenvalue weighted by molar-refractivity contribution is -0.122. The molecule has 3 aliphatic rings. The van der Waals surface area contributed by atoms with Crippen LogP contribution in [-0.2, 0) is 10.2 Å². The average molecular weight is 600 g/mol. The third-order valence-electron chi connectivity index (χ3n) is 8.45. The summed E-state index contributed by atoms with van der Waals surface area (Å²) in [6.45, 7) is 0. The molecule has 4 aromatic rings. The van der Waals surface area contributed by atoms with Gasteiger partial charge in [0.25, 0.3) is 0 Å². The summed E-state index contributed by atoms with van der Waals surface area (Å²) in [5.74, 6) is -2.14. The highest BCUT2D eigenvalue weighted by Gasteiger charge is 2.70. The Morgan fingerprint density at radius 3 is 2.29 bits per heavy atom. The van der Waals surface area contributed by atoms with Crippen LogP contribution >= 0.6 is 34.8 Å². The number of hydrogen-bond donors (Lipinski definition) is 1. The number of ketones is 2. The smallest absolute Gasteiger partial charge is 0.238 e. The molecule has 1 saturated heterocycles. The first-order valence-electron chi connectivity index (χ1n) is 13.1. The van der Waals surface area contributed by atoms with Gasteiger partial charge in [-0.2, -0.15) is 0 Å². The van der Waals surface area contributed by atoms with Crippen molar-refractivity contribution in [3.05, 3.63) is 140 Å². The Labute approximate surface area is 251 Å². The molecule has 0 saturated carbocycles. The zero-order valence-corrected chi connectivity index (χ0v) is 23.6. The Kier molecular flexibility index (Phi) is 6.09. The second-order valence-electron chi connectivity index (χ2n) is 10.4. The summed E-state index contributed by atoms with van der Waals surface area (Å²) in [7, 11) is 0. The van der Waals surface area contributed by atoms with Gasteiger partial charge in [-0.25, -0.2) is 0 Å². The first-order valence-corrected chi connectivity index (χ1v) is 14.2. The van der Waals surface area contributed by atoms with Crippen molar-refractivity contribution >= 4 is 64.0 Å². The zero-order chi connectivity index (χ0) is 28.5. The largest absolute Gasteiger partial charge is 0.358 e. The molecule has 1 amide bonds. The quantitative estimate of drug-likeness (QED) is 0.245. The molecule has 1 fully saturated rings. The summed E-state index contributed by atoms with van der Waals surface area (Å²) in [5.41, 5.74) is 2.23. The van der Waals surface area contributed by atoms with Gasteiger partial charge in [-0.05, 0) is 71.3 Å². The Bertz CT molecular complexity index is 1800. The summed E-state index contributed by atoms with van der Waals surface area (Å²) in [5, 5.41) is 4.08. The molecule has 0 aliphatic carbocycles. The van der Waals surface area contributed by atoms with Gasteiger partial charge in [-0.3, -0.25) is 14.4 Å². The first kappa shape index (κ1) is 26.0. The predicted octanol–water partition coefficient (Wildman–Crippen LogP) is 7.63. The number of nitrogens with zero attached hydrogens (tertiary/aromatic N) is 1. The number of amides is 1. The fourth-order valence-corrected chi connectivity index (χ4v) is 7.44. The van der Waals surface area contributed by atoms with Crippen LogP contribution in [0, 0.1) is 5.92 Å². The van der Waals surface area contributed by atoms with Crippen molar-refractivity contribution in [3.63, 3.8) is 0 Å². The van der Waals surface area contributed by atoms with Crippen molar-refractivity contribution in [1.29, 1.82) is 0 Å². The minimum atomic E-state index is -1.42. The van der Waals surface area contributed by atoms with Crippen LogP contribution in [0.4, 0.5) is 5.69 Å². The Hall–Kier alpha value is -3.90. The Morgan fingerprint density at radius 1 is 0.805 bits per heavy atom. The minimum Gasteiger partial charge on any atom is -0.358 e. The van der Waals surface area contributed by atoms with E-state index in [1.165, 1.54) is 6.07 Å². The molecule has 41 heavy (non-hydrogen) atoms. The van der Waals surface area contributed by atoms with Crippen LogP contribution in [-0.4, -0.2) is 28.4 Å². The Morgan fingerprint density at radius 2 is 1.51 bits per heavy atom. The van der Waals surface area contributed by atoms with Gasteiger partial charge < -0.3 is 10.2 Å². The molecule has 0 unspecified atom stereocenters. The van der Waals surface area contributed by atoms with Crippen molar-refractivity contribution in [3.8, 4) is 0 Å². The normalized spacial score (nSPS) is 23.6. The molecule has 3 aliphatic heterocycles. The summed E-state index contributed by atoms with van der Waals surface area (Å²) in [4.78, 5) is 45.6. The number of para-hydroxylation sites is 1. The van der Waals surface area contributed by atoms with Crippen LogP contribution in [0.5, 0.6) is 0 Å². The molecule has 8 heteroatoms. The van der Waals surface area contributed by atoms with E-state index in [1.807, 2.05) is 65.7 Å². The van der Waals surface area contributed by atoms with Crippen molar-refractivity contribution in [1.82, 2.24) is 4.90 Å². The number of carbonyl (C=O) groups is 3. The van der Waals surface area contributed by atoms with Gasteiger partial charge in [0, 0.05) is 33.1 Å². The highest BCUT2D eigenvalue weighted by atomic mass is 35.5. The zero-order valence-electron chi connectivity index (χ0n) is 21.4. The minimum absolute atomic E-state index is 0.176. The molecule has 7 rings (SSSR count). The standard InChI is InChI=1S/C33H21Cl3N2O3/c34-20-11-9-19(10-12-20)29(39)27-28(30(40)23-14-13-21(35)17-25(23)36)38-16-15-18-5-1-2-6-22(18)31(38)33(27)24-7-3-4-8-26(24)37-32(33)41/h1-17,27-28,31H,(H,37,41)/t27-,28+,31-,33+/m1/s1. The van der Waals surface area contributed by atoms with E-state index in [4.69, 9.17) is 34.8 Å². The van der Waals surface area contributed by atoms with Gasteiger partial charge in [0.05, 0.1) is 17.0 Å². The van der Waals surface area contributed by atoms with E-state index in [0.29, 0.717) is 26.9 Å². The predicted molar refractivity (Wildman–Crippen MR) is 161 cm³/mol. The average Bonchev–Trinajstić information content (AvgIpc) is 3.45. The highest BCUT2D eigenvalue weighted by Crippen LogP contribution is 2.62. The lowest BCUT2D eigenvalue weighted by Gasteiger charge is -2.38. The highest BCUT2D eigenvalue weighted by molar-refractivity contribution is 6.37. The van der Waals surface area contributed by atoms with E-state index < -0.39 is 23.4 Å². The number of fused-ring (bicyclic) bond motifs is 6. The van der Waals surface area contributed by atoms with Crippen molar-refractivity contribution in [2.24, 2.45) is 5.92 Å². The SMILES string of the molecule is O=C(c1ccc(Cl)cc1Cl)[C@@H]1[C@H](C(=O)c2ccc(Cl)cc2)[C@]2(C(=O)Nc3ccccc32)[C@H]2c3ccccc3C=CN12. The topological polar surface area (TPSA) is 66.5 Å². The van der Waals surface area contributed by atoms with E-state index in [2.05, 4.69) is 5.32 Å². The molecule has 4 aromatic carbocycles. The molecular weight excluding hydrogens is 579 g/mol. The summed E-state index contributed by atoms with van der Waals surface area (Å²) >= 11 is 18.9. The number of carbonyl (C=O) groups excluding carboxylic acids is 3. The van der Waals surface area contributed by atoms with Crippen LogP contribution in [0.15, 0.2) is 97.2 Å². The van der Waals surface area contributed by atoms with Gasteiger partial charge in [0.15, 0.2) is 11.6 Å². The maximum absolute atomic E-state index is 14.7. The van der Waals surface area contributed by atoms with Crippen LogP contribution < -0.4 is 5.32 Å². The lowest BCUT2D eigenvalue weighted by Crippen LogP contribution is -2.49. The van der Waals surface area contributed by atoms with E-state index in [1.54, 1.807) is 36.4 Å². The van der Waals surface area contributed by atoms with Crippen LogP contribution in [0.3, 0.4) is 0 Å². The van der Waals surface area contributed by atoms with E-state index in [-0.39, 0.29) is 28.1 Å². The van der Waals surface area contributed by atoms with Crippen molar-refractivity contribution in [2.75, 3.05) is 5.32 Å². The van der Waals surface area contributed by atoms with Gasteiger partial charge in [0.2, 0.25) is 5.91 Å². The van der Waals surface area contributed by atoms with Crippen LogP contribution in [0.25, 0.3) is 6.08 Å². The third kappa shape index (κ3) is 3.73. The maximum Gasteiger partial charge on any atom is 0.238 e. The number of anilines is 1. The molecule has 202 valence electrons. The van der Waals surface area contributed by atoms with Crippen LogP contribution in [0.1, 0.15) is 43.4 Å². The van der Waals surface area contributed by atoms with Gasteiger partial charge in [-0.15, -0.1) is 0 Å². The van der Waals surface area contributed by atoms with Crippen molar-refractivity contribution < 1.29 is 14.4 Å². The summed E-state index contributed by atoms with van der Waals surface area (Å²) in [6.07, 6.45) is 3.74.